The van der Waals surface area contributed by atoms with Crippen LogP contribution in [-0.4, -0.2) is 28.1 Å². The molecule has 0 radical (unpaired) electrons. The van der Waals surface area contributed by atoms with Crippen molar-refractivity contribution in [3.8, 4) is 0 Å². The lowest BCUT2D eigenvalue weighted by Crippen LogP contribution is -2.01. The predicted octanol–water partition coefficient (Wildman–Crippen LogP) is 1.67. The molecule has 0 saturated carbocycles. The second kappa shape index (κ2) is 4.93. The van der Waals surface area contributed by atoms with E-state index in [0.29, 0.717) is 17.5 Å². The highest BCUT2D eigenvalue weighted by Crippen LogP contribution is 2.16. The smallest absolute Gasteiger partial charge is 0.280 e. The van der Waals surface area contributed by atoms with Crippen molar-refractivity contribution in [1.29, 1.82) is 0 Å². The lowest BCUT2D eigenvalue weighted by molar-refractivity contribution is 0.363. The number of aromatic nitrogens is 4. The van der Waals surface area contributed by atoms with Gasteiger partial charge in [-0.2, -0.15) is 4.98 Å². The van der Waals surface area contributed by atoms with Gasteiger partial charge >= 0.3 is 0 Å². The summed E-state index contributed by atoms with van der Waals surface area (Å²) in [5.41, 5.74) is 0. The van der Waals surface area contributed by atoms with Gasteiger partial charge in [-0.15, -0.1) is 0 Å². The second-order valence-electron chi connectivity index (χ2n) is 4.39. The van der Waals surface area contributed by atoms with Crippen molar-refractivity contribution in [3.63, 3.8) is 0 Å². The molecule has 2 heterocycles. The van der Waals surface area contributed by atoms with Crippen LogP contribution in [-0.2, 0) is 15.6 Å². The number of imidazole rings is 1. The Morgan fingerprint density at radius 1 is 1.42 bits per heavy atom. The van der Waals surface area contributed by atoms with E-state index in [1.165, 1.54) is 6.20 Å². The molecule has 0 aliphatic heterocycles. The molecule has 0 atom stereocenters. The molecular formula is C10H13ClN4O3S. The van der Waals surface area contributed by atoms with Crippen LogP contribution in [0, 0.1) is 6.92 Å². The normalized spacial score (nSPS) is 12.3. The number of rotatable bonds is 4. The van der Waals surface area contributed by atoms with Crippen molar-refractivity contribution in [3.05, 3.63) is 23.7 Å². The largest absolute Gasteiger partial charge is 0.337 e. The van der Waals surface area contributed by atoms with Crippen LogP contribution in [0.2, 0.25) is 0 Å². The Balaban J connectivity index is 2.26. The number of hydrogen-bond acceptors (Lipinski definition) is 6. The molecule has 0 aromatic carbocycles. The van der Waals surface area contributed by atoms with Crippen LogP contribution in [0.3, 0.4) is 0 Å². The van der Waals surface area contributed by atoms with E-state index in [2.05, 4.69) is 15.1 Å². The zero-order valence-corrected chi connectivity index (χ0v) is 12.2. The van der Waals surface area contributed by atoms with E-state index in [4.69, 9.17) is 15.2 Å². The zero-order valence-electron chi connectivity index (χ0n) is 10.7. The first-order valence-corrected chi connectivity index (χ1v) is 7.89. The molecule has 19 heavy (non-hydrogen) atoms. The monoisotopic (exact) mass is 304 g/mol. The molecule has 0 saturated heterocycles. The van der Waals surface area contributed by atoms with Gasteiger partial charge in [0.25, 0.3) is 9.05 Å². The van der Waals surface area contributed by atoms with E-state index in [-0.39, 0.29) is 17.5 Å². The zero-order chi connectivity index (χ0) is 14.2. The van der Waals surface area contributed by atoms with Crippen LogP contribution in [0.4, 0.5) is 0 Å². The summed E-state index contributed by atoms with van der Waals surface area (Å²) in [5, 5.41) is 3.65. The van der Waals surface area contributed by atoms with Crippen LogP contribution < -0.4 is 0 Å². The van der Waals surface area contributed by atoms with Crippen LogP contribution in [0.15, 0.2) is 15.7 Å². The van der Waals surface area contributed by atoms with E-state index in [9.17, 15) is 8.42 Å². The highest BCUT2D eigenvalue weighted by molar-refractivity contribution is 8.13. The summed E-state index contributed by atoms with van der Waals surface area (Å²) in [4.78, 5) is 8.08. The maximum atomic E-state index is 11.2. The van der Waals surface area contributed by atoms with Gasteiger partial charge in [-0.3, -0.25) is 0 Å². The molecule has 7 nitrogen and oxygen atoms in total. The van der Waals surface area contributed by atoms with Gasteiger partial charge in [0.1, 0.15) is 12.4 Å². The summed E-state index contributed by atoms with van der Waals surface area (Å²) in [6.07, 6.45) is 1.34. The molecule has 0 aliphatic rings. The summed E-state index contributed by atoms with van der Waals surface area (Å²) < 4.78 is 29.0. The minimum absolute atomic E-state index is 0.167. The van der Waals surface area contributed by atoms with Crippen LogP contribution in [0.25, 0.3) is 0 Å². The van der Waals surface area contributed by atoms with Gasteiger partial charge in [0.15, 0.2) is 10.9 Å². The van der Waals surface area contributed by atoms with Gasteiger partial charge in [0, 0.05) is 22.8 Å². The minimum atomic E-state index is -3.83. The van der Waals surface area contributed by atoms with Crippen molar-refractivity contribution >= 4 is 19.7 Å². The lowest BCUT2D eigenvalue weighted by atomic mass is 10.2. The fourth-order valence-corrected chi connectivity index (χ4v) is 2.19. The first-order valence-electron chi connectivity index (χ1n) is 5.58. The lowest BCUT2D eigenvalue weighted by Gasteiger charge is -1.98. The molecule has 104 valence electrons. The molecule has 0 unspecified atom stereocenters. The molecule has 0 N–H and O–H groups in total. The van der Waals surface area contributed by atoms with Crippen LogP contribution >= 0.6 is 10.7 Å². The molecule has 0 spiro atoms. The Morgan fingerprint density at radius 2 is 2.11 bits per heavy atom. The Hall–Kier alpha value is -1.41. The predicted molar refractivity (Wildman–Crippen MR) is 67.5 cm³/mol. The number of aryl methyl sites for hydroxylation is 1. The Kier molecular flexibility index (Phi) is 3.64. The van der Waals surface area contributed by atoms with Gasteiger partial charge in [-0.1, -0.05) is 19.0 Å². The molecule has 2 aromatic rings. The minimum Gasteiger partial charge on any atom is -0.337 e. The third kappa shape index (κ3) is 3.13. The highest BCUT2D eigenvalue weighted by Gasteiger charge is 2.17. The number of hydrogen-bond donors (Lipinski definition) is 0. The van der Waals surface area contributed by atoms with E-state index in [0.717, 1.165) is 0 Å². The summed E-state index contributed by atoms with van der Waals surface area (Å²) in [6.45, 7) is 5.83. The highest BCUT2D eigenvalue weighted by atomic mass is 35.7. The van der Waals surface area contributed by atoms with Gasteiger partial charge in [0.2, 0.25) is 5.89 Å². The summed E-state index contributed by atoms with van der Waals surface area (Å²) in [7, 11) is 1.41. The number of nitrogens with zero attached hydrogens (tertiary/aromatic N) is 4. The summed E-state index contributed by atoms with van der Waals surface area (Å²) >= 11 is 0. The van der Waals surface area contributed by atoms with E-state index in [1.54, 1.807) is 11.5 Å². The fourth-order valence-electron chi connectivity index (χ4n) is 1.47. The molecule has 0 aliphatic carbocycles. The Morgan fingerprint density at radius 3 is 2.58 bits per heavy atom. The molecule has 0 amide bonds. The van der Waals surface area contributed by atoms with Crippen LogP contribution in [0.5, 0.6) is 0 Å². The van der Waals surface area contributed by atoms with Gasteiger partial charge < -0.3 is 9.09 Å². The van der Waals surface area contributed by atoms with Crippen molar-refractivity contribution in [1.82, 2.24) is 19.7 Å². The van der Waals surface area contributed by atoms with E-state index in [1.807, 2.05) is 13.8 Å². The standard InChI is InChI=1S/C10H13ClN4O3S/c1-6(2)10-13-8(18-14-10)4-15-5-9(12-7(15)3)19(11,16)17/h5-6H,4H2,1-3H3. The van der Waals surface area contributed by atoms with Crippen molar-refractivity contribution in [2.75, 3.05) is 0 Å². The fraction of sp³-hybridized carbons (Fsp3) is 0.500. The quantitative estimate of drug-likeness (QED) is 0.798. The average molecular weight is 305 g/mol. The maximum Gasteiger partial charge on any atom is 0.280 e. The van der Waals surface area contributed by atoms with Crippen molar-refractivity contribution in [2.24, 2.45) is 0 Å². The molecule has 2 aromatic heterocycles. The molecular weight excluding hydrogens is 292 g/mol. The Bertz CT molecular complexity index is 689. The molecule has 0 bridgehead atoms. The first-order chi connectivity index (χ1) is 8.77. The molecule has 9 heteroatoms. The Labute approximate surface area is 115 Å². The third-order valence-electron chi connectivity index (χ3n) is 2.51. The van der Waals surface area contributed by atoms with Gasteiger partial charge in [-0.25, -0.2) is 13.4 Å². The maximum absolute atomic E-state index is 11.2. The second-order valence-corrected chi connectivity index (χ2v) is 6.91. The topological polar surface area (TPSA) is 90.9 Å². The van der Waals surface area contributed by atoms with Crippen molar-refractivity contribution < 1.29 is 12.9 Å². The summed E-state index contributed by atoms with van der Waals surface area (Å²) in [6, 6.07) is 0. The first kappa shape index (κ1) is 14.0. The molecule has 2 rings (SSSR count). The van der Waals surface area contributed by atoms with Crippen LogP contribution in [0.1, 0.15) is 37.3 Å². The number of halogens is 1. The third-order valence-corrected chi connectivity index (χ3v) is 3.68. The van der Waals surface area contributed by atoms with Gasteiger partial charge in [-0.05, 0) is 6.92 Å². The van der Waals surface area contributed by atoms with Crippen molar-refractivity contribution in [2.45, 2.75) is 38.3 Å². The molecule has 0 fully saturated rings. The van der Waals surface area contributed by atoms with Gasteiger partial charge in [0.05, 0.1) is 0 Å². The van der Waals surface area contributed by atoms with E-state index >= 15 is 0 Å². The summed E-state index contributed by atoms with van der Waals surface area (Å²) in [5.74, 6) is 1.67. The SMILES string of the molecule is Cc1nc(S(=O)(=O)Cl)cn1Cc1nc(C(C)C)no1. The average Bonchev–Trinajstić information content (AvgIpc) is 2.86. The van der Waals surface area contributed by atoms with E-state index < -0.39 is 9.05 Å².